The van der Waals surface area contributed by atoms with Crippen molar-refractivity contribution < 1.29 is 22.7 Å². The minimum atomic E-state index is -2.88. The molecule has 5 rings (SSSR count). The molecule has 37 heavy (non-hydrogen) atoms. The van der Waals surface area contributed by atoms with Crippen LogP contribution in [-0.2, 0) is 13.0 Å². The molecular weight excluding hydrogens is 509 g/mol. The average molecular weight is 529 g/mol. The van der Waals surface area contributed by atoms with Crippen LogP contribution in [0, 0.1) is 5.82 Å². The predicted molar refractivity (Wildman–Crippen MR) is 130 cm³/mol. The number of amides is 1. The van der Waals surface area contributed by atoms with Gasteiger partial charge in [-0.25, -0.2) is 23.1 Å². The Bertz CT molecular complexity index is 1530. The summed E-state index contributed by atoms with van der Waals surface area (Å²) in [6.07, 6.45) is 1.46. The number of carbonyl (C=O) groups is 1. The van der Waals surface area contributed by atoms with Gasteiger partial charge in [-0.05, 0) is 24.3 Å². The number of hydrogen-bond acceptors (Lipinski definition) is 8. The highest BCUT2D eigenvalue weighted by Gasteiger charge is 2.23. The summed E-state index contributed by atoms with van der Waals surface area (Å²) in [6.45, 7) is 1.44. The molecule has 0 aromatic carbocycles. The summed E-state index contributed by atoms with van der Waals surface area (Å²) in [5, 5.41) is 6.37. The molecule has 4 aromatic rings. The fourth-order valence-electron chi connectivity index (χ4n) is 3.92. The summed E-state index contributed by atoms with van der Waals surface area (Å²) in [6, 6.07) is 4.76. The van der Waals surface area contributed by atoms with Crippen molar-refractivity contribution in [2.45, 2.75) is 19.4 Å². The number of ether oxygens (including phenoxy) is 1. The fourth-order valence-corrected chi connectivity index (χ4v) is 4.90. The summed E-state index contributed by atoms with van der Waals surface area (Å²) < 4.78 is 47.2. The number of thiazole rings is 1. The van der Waals surface area contributed by atoms with Gasteiger partial charge in [0.15, 0.2) is 10.9 Å². The van der Waals surface area contributed by atoms with Crippen molar-refractivity contribution in [3.8, 4) is 22.7 Å². The van der Waals surface area contributed by atoms with E-state index in [-0.39, 0.29) is 28.3 Å². The molecule has 4 aromatic heterocycles. The van der Waals surface area contributed by atoms with Crippen LogP contribution < -0.4 is 20.9 Å². The first-order valence-corrected chi connectivity index (χ1v) is 11.9. The van der Waals surface area contributed by atoms with Gasteiger partial charge in [0.1, 0.15) is 17.3 Å². The molecule has 0 spiro atoms. The van der Waals surface area contributed by atoms with Gasteiger partial charge in [-0.2, -0.15) is 0 Å². The average Bonchev–Trinajstić information content (AvgIpc) is 3.31. The lowest BCUT2D eigenvalue weighted by molar-refractivity contribution is 0.102. The van der Waals surface area contributed by atoms with Crippen molar-refractivity contribution in [1.82, 2.24) is 24.8 Å². The van der Waals surface area contributed by atoms with Crippen LogP contribution in [0.3, 0.4) is 0 Å². The SMILES string of the molecule is COc1cnc(C(F)F)cc1-c1cc(-n2cccc(F)c2=O)ncc1C(=O)Nc1nc2c(s1)CNCC2. The second kappa shape index (κ2) is 10.1. The summed E-state index contributed by atoms with van der Waals surface area (Å²) >= 11 is 1.33. The third-order valence-electron chi connectivity index (χ3n) is 5.73. The maximum absolute atomic E-state index is 13.9. The van der Waals surface area contributed by atoms with E-state index in [0.717, 1.165) is 46.4 Å². The van der Waals surface area contributed by atoms with Crippen molar-refractivity contribution in [1.29, 1.82) is 0 Å². The first kappa shape index (κ1) is 24.6. The normalized spacial score (nSPS) is 12.9. The smallest absolute Gasteiger partial charge is 0.292 e. The van der Waals surface area contributed by atoms with Crippen molar-refractivity contribution in [2.75, 3.05) is 19.0 Å². The van der Waals surface area contributed by atoms with E-state index in [2.05, 4.69) is 25.6 Å². The Morgan fingerprint density at radius 3 is 2.84 bits per heavy atom. The molecule has 5 heterocycles. The lowest BCUT2D eigenvalue weighted by atomic mass is 10.00. The van der Waals surface area contributed by atoms with Crippen LogP contribution >= 0.6 is 11.3 Å². The molecule has 13 heteroatoms. The van der Waals surface area contributed by atoms with E-state index in [1.165, 1.54) is 43.0 Å². The lowest BCUT2D eigenvalue weighted by Gasteiger charge is -2.15. The maximum Gasteiger partial charge on any atom is 0.292 e. The zero-order valence-corrected chi connectivity index (χ0v) is 20.1. The number of hydrogen-bond donors (Lipinski definition) is 2. The van der Waals surface area contributed by atoms with E-state index in [0.29, 0.717) is 11.7 Å². The summed E-state index contributed by atoms with van der Waals surface area (Å²) in [4.78, 5) is 39.1. The van der Waals surface area contributed by atoms with Crippen LogP contribution in [0.1, 0.15) is 33.0 Å². The topological polar surface area (TPSA) is 111 Å². The fraction of sp³-hybridized carbons (Fsp3) is 0.208. The highest BCUT2D eigenvalue weighted by molar-refractivity contribution is 7.15. The minimum Gasteiger partial charge on any atom is -0.494 e. The molecule has 2 N–H and O–H groups in total. The van der Waals surface area contributed by atoms with Crippen LogP contribution in [0.15, 0.2) is 47.7 Å². The number of nitrogens with zero attached hydrogens (tertiary/aromatic N) is 4. The zero-order chi connectivity index (χ0) is 26.1. The van der Waals surface area contributed by atoms with Gasteiger partial charge in [0, 0.05) is 47.9 Å². The maximum atomic E-state index is 13.9. The third-order valence-corrected chi connectivity index (χ3v) is 6.74. The lowest BCUT2D eigenvalue weighted by Crippen LogP contribution is -2.22. The van der Waals surface area contributed by atoms with E-state index in [4.69, 9.17) is 4.74 Å². The minimum absolute atomic E-state index is 0.00390. The molecule has 0 bridgehead atoms. The standard InChI is InChI=1S/C24H19F3N6O3S/c1-36-18-10-29-17(21(26)27)7-13(18)12-8-20(33-6-2-3-15(25)23(33)35)30-9-14(12)22(34)32-24-31-16-4-5-28-11-19(16)37-24/h2-3,6-10,21,28H,4-5,11H2,1H3,(H,31,32,34). The van der Waals surface area contributed by atoms with Crippen LogP contribution in [-0.4, -0.2) is 39.1 Å². The molecule has 0 atom stereocenters. The van der Waals surface area contributed by atoms with E-state index in [9.17, 15) is 22.8 Å². The molecule has 9 nitrogen and oxygen atoms in total. The quantitative estimate of drug-likeness (QED) is 0.392. The molecule has 190 valence electrons. The summed E-state index contributed by atoms with van der Waals surface area (Å²) in [7, 11) is 1.33. The molecule has 0 radical (unpaired) electrons. The number of alkyl halides is 2. The Balaban J connectivity index is 1.64. The van der Waals surface area contributed by atoms with Crippen LogP contribution in [0.5, 0.6) is 5.75 Å². The van der Waals surface area contributed by atoms with Gasteiger partial charge in [-0.15, -0.1) is 11.3 Å². The third kappa shape index (κ3) is 4.82. The van der Waals surface area contributed by atoms with Crippen molar-refractivity contribution in [3.63, 3.8) is 0 Å². The number of anilines is 1. The van der Waals surface area contributed by atoms with Gasteiger partial charge in [-0.1, -0.05) is 0 Å². The molecule has 1 aliphatic heterocycles. The predicted octanol–water partition coefficient (Wildman–Crippen LogP) is 3.73. The van der Waals surface area contributed by atoms with Crippen molar-refractivity contribution >= 4 is 22.4 Å². The molecular formula is C24H19F3N6O3S. The number of carbonyl (C=O) groups excluding carboxylic acids is 1. The van der Waals surface area contributed by atoms with E-state index in [1.807, 2.05) is 0 Å². The molecule has 1 amide bonds. The summed E-state index contributed by atoms with van der Waals surface area (Å²) in [5.74, 6) is -1.52. The Kier molecular flexibility index (Phi) is 6.72. The largest absolute Gasteiger partial charge is 0.494 e. The highest BCUT2D eigenvalue weighted by atomic mass is 32.1. The first-order valence-electron chi connectivity index (χ1n) is 11.1. The number of aromatic nitrogens is 4. The number of rotatable bonds is 6. The Morgan fingerprint density at radius 2 is 2.08 bits per heavy atom. The van der Waals surface area contributed by atoms with Gasteiger partial charge in [-0.3, -0.25) is 24.5 Å². The number of pyridine rings is 3. The van der Waals surface area contributed by atoms with E-state index in [1.54, 1.807) is 0 Å². The molecule has 1 aliphatic rings. The monoisotopic (exact) mass is 528 g/mol. The molecule has 0 saturated carbocycles. The number of fused-ring (bicyclic) bond motifs is 1. The molecule has 0 unspecified atom stereocenters. The summed E-state index contributed by atoms with van der Waals surface area (Å²) in [5.41, 5.74) is -0.352. The Hall–Kier alpha value is -4.10. The van der Waals surface area contributed by atoms with Gasteiger partial charge in [0.05, 0.1) is 24.6 Å². The number of methoxy groups -OCH3 is 1. The van der Waals surface area contributed by atoms with Gasteiger partial charge in [0.2, 0.25) is 0 Å². The molecule has 0 saturated heterocycles. The second-order valence-electron chi connectivity index (χ2n) is 8.00. The molecule has 0 aliphatic carbocycles. The van der Waals surface area contributed by atoms with Crippen molar-refractivity contribution in [3.05, 3.63) is 80.9 Å². The highest BCUT2D eigenvalue weighted by Crippen LogP contribution is 2.36. The van der Waals surface area contributed by atoms with Crippen LogP contribution in [0.25, 0.3) is 16.9 Å². The number of halogens is 3. The van der Waals surface area contributed by atoms with Gasteiger partial charge in [0.25, 0.3) is 17.9 Å². The second-order valence-corrected chi connectivity index (χ2v) is 9.08. The number of nitrogens with one attached hydrogen (secondary N) is 2. The Labute approximate surface area is 212 Å². The van der Waals surface area contributed by atoms with E-state index < -0.39 is 29.4 Å². The van der Waals surface area contributed by atoms with Crippen molar-refractivity contribution in [2.24, 2.45) is 0 Å². The Morgan fingerprint density at radius 1 is 1.24 bits per heavy atom. The molecule has 0 fully saturated rings. The van der Waals surface area contributed by atoms with E-state index >= 15 is 0 Å². The first-order chi connectivity index (χ1) is 17.9. The van der Waals surface area contributed by atoms with Gasteiger partial charge < -0.3 is 10.1 Å². The zero-order valence-electron chi connectivity index (χ0n) is 19.3. The van der Waals surface area contributed by atoms with Gasteiger partial charge >= 0.3 is 0 Å². The van der Waals surface area contributed by atoms with Crippen LogP contribution in [0.4, 0.5) is 18.3 Å². The van der Waals surface area contributed by atoms with Crippen LogP contribution in [0.2, 0.25) is 0 Å².